The van der Waals surface area contributed by atoms with Gasteiger partial charge in [0.2, 0.25) is 0 Å². The molecule has 0 saturated heterocycles. The van der Waals surface area contributed by atoms with Crippen LogP contribution >= 0.6 is 0 Å². The van der Waals surface area contributed by atoms with Crippen molar-refractivity contribution in [3.05, 3.63) is 35.4 Å². The Balaban J connectivity index is 2.89. The van der Waals surface area contributed by atoms with Gasteiger partial charge < -0.3 is 5.73 Å². The Morgan fingerprint density at radius 3 is 2.53 bits per heavy atom. The van der Waals surface area contributed by atoms with Crippen LogP contribution in [0.2, 0.25) is 0 Å². The van der Waals surface area contributed by atoms with Crippen molar-refractivity contribution in [1.29, 1.82) is 5.41 Å². The molecule has 0 saturated carbocycles. The molecule has 1 atom stereocenters. The maximum atomic E-state index is 7.59. The minimum atomic E-state index is 0.154. The molecular weight excluding hydrogens is 210 g/mol. The number of benzene rings is 1. The number of hydrogen-bond acceptors (Lipinski definition) is 2. The lowest BCUT2D eigenvalue weighted by atomic mass is 10.1. The highest BCUT2D eigenvalue weighted by Gasteiger charge is 2.13. The number of nitrogens with two attached hydrogens (primary N) is 1. The number of nitrogens with one attached hydrogen (secondary N) is 1. The summed E-state index contributed by atoms with van der Waals surface area (Å²) in [7, 11) is 0. The number of nitrogens with zero attached hydrogens (tertiary/aromatic N) is 1. The summed E-state index contributed by atoms with van der Waals surface area (Å²) >= 11 is 0. The first kappa shape index (κ1) is 13.7. The Labute approximate surface area is 104 Å². The molecule has 0 fully saturated rings. The molecule has 0 aliphatic rings. The van der Waals surface area contributed by atoms with Crippen molar-refractivity contribution in [2.24, 2.45) is 5.73 Å². The van der Waals surface area contributed by atoms with Crippen molar-refractivity contribution in [1.82, 2.24) is 4.90 Å². The Kier molecular flexibility index (Phi) is 5.16. The minimum Gasteiger partial charge on any atom is -0.384 e. The molecule has 3 heteroatoms. The predicted molar refractivity (Wildman–Crippen MR) is 73.3 cm³/mol. The zero-order valence-electron chi connectivity index (χ0n) is 11.0. The van der Waals surface area contributed by atoms with Crippen molar-refractivity contribution >= 4 is 5.84 Å². The quantitative estimate of drug-likeness (QED) is 0.586. The highest BCUT2D eigenvalue weighted by atomic mass is 15.1. The van der Waals surface area contributed by atoms with Gasteiger partial charge in [-0.3, -0.25) is 10.3 Å². The van der Waals surface area contributed by atoms with Crippen LogP contribution in [0.3, 0.4) is 0 Å². The molecule has 0 heterocycles. The molecule has 0 bridgehead atoms. The van der Waals surface area contributed by atoms with Crippen molar-refractivity contribution in [3.8, 4) is 0 Å². The molecule has 3 nitrogen and oxygen atoms in total. The predicted octanol–water partition coefficient (Wildman–Crippen LogP) is 2.59. The number of amidine groups is 1. The lowest BCUT2D eigenvalue weighted by Crippen LogP contribution is -2.32. The third kappa shape index (κ3) is 3.56. The second-order valence-corrected chi connectivity index (χ2v) is 4.39. The van der Waals surface area contributed by atoms with Gasteiger partial charge in [-0.05, 0) is 25.5 Å². The average molecular weight is 233 g/mol. The van der Waals surface area contributed by atoms with E-state index in [1.54, 1.807) is 0 Å². The summed E-state index contributed by atoms with van der Waals surface area (Å²) in [5.74, 6) is 0.154. The monoisotopic (exact) mass is 233 g/mol. The summed E-state index contributed by atoms with van der Waals surface area (Å²) in [6, 6.07) is 8.47. The van der Waals surface area contributed by atoms with E-state index < -0.39 is 0 Å². The SMILES string of the molecule is CCC(C)N(CC)Cc1ccccc1C(=N)N. The fraction of sp³-hybridized carbons (Fsp3) is 0.500. The molecule has 1 rings (SSSR count). The molecule has 1 aromatic rings. The van der Waals surface area contributed by atoms with E-state index in [1.165, 1.54) is 0 Å². The molecule has 17 heavy (non-hydrogen) atoms. The van der Waals surface area contributed by atoms with Crippen LogP contribution in [0.4, 0.5) is 0 Å². The number of hydrogen-bond donors (Lipinski definition) is 2. The van der Waals surface area contributed by atoms with Crippen molar-refractivity contribution < 1.29 is 0 Å². The molecule has 0 radical (unpaired) electrons. The molecule has 1 aromatic carbocycles. The van der Waals surface area contributed by atoms with Crippen LogP contribution in [0.15, 0.2) is 24.3 Å². The van der Waals surface area contributed by atoms with Crippen LogP contribution in [-0.4, -0.2) is 23.3 Å². The first-order valence-corrected chi connectivity index (χ1v) is 6.26. The zero-order valence-corrected chi connectivity index (χ0v) is 11.0. The highest BCUT2D eigenvalue weighted by Crippen LogP contribution is 2.14. The average Bonchev–Trinajstić information content (AvgIpc) is 2.35. The largest absolute Gasteiger partial charge is 0.384 e. The highest BCUT2D eigenvalue weighted by molar-refractivity contribution is 5.96. The van der Waals surface area contributed by atoms with Crippen LogP contribution in [0, 0.1) is 5.41 Å². The van der Waals surface area contributed by atoms with E-state index in [1.807, 2.05) is 18.2 Å². The molecule has 1 unspecified atom stereocenters. The molecule has 94 valence electrons. The molecular formula is C14H23N3. The maximum absolute atomic E-state index is 7.59. The van der Waals surface area contributed by atoms with Gasteiger partial charge in [0.25, 0.3) is 0 Å². The van der Waals surface area contributed by atoms with Gasteiger partial charge >= 0.3 is 0 Å². The van der Waals surface area contributed by atoms with E-state index in [-0.39, 0.29) is 5.84 Å². The van der Waals surface area contributed by atoms with Gasteiger partial charge in [-0.1, -0.05) is 38.1 Å². The van der Waals surface area contributed by atoms with Crippen LogP contribution in [0.25, 0.3) is 0 Å². The Morgan fingerprint density at radius 2 is 2.00 bits per heavy atom. The number of nitrogen functional groups attached to an aromatic ring is 1. The van der Waals surface area contributed by atoms with Crippen LogP contribution in [-0.2, 0) is 6.54 Å². The maximum Gasteiger partial charge on any atom is 0.123 e. The Bertz CT molecular complexity index is 373. The van der Waals surface area contributed by atoms with E-state index in [0.717, 1.165) is 30.6 Å². The zero-order chi connectivity index (χ0) is 12.8. The number of rotatable bonds is 6. The van der Waals surface area contributed by atoms with Crippen LogP contribution < -0.4 is 5.73 Å². The fourth-order valence-corrected chi connectivity index (χ4v) is 1.98. The van der Waals surface area contributed by atoms with Gasteiger partial charge in [0.05, 0.1) is 0 Å². The molecule has 0 aliphatic heterocycles. The van der Waals surface area contributed by atoms with E-state index >= 15 is 0 Å². The van der Waals surface area contributed by atoms with Gasteiger partial charge in [-0.25, -0.2) is 0 Å². The summed E-state index contributed by atoms with van der Waals surface area (Å²) in [6.07, 6.45) is 1.13. The van der Waals surface area contributed by atoms with E-state index in [9.17, 15) is 0 Å². The smallest absolute Gasteiger partial charge is 0.123 e. The molecule has 0 spiro atoms. The standard InChI is InChI=1S/C14H23N3/c1-4-11(3)17(5-2)10-12-8-6-7-9-13(12)14(15)16/h6-9,11H,4-5,10H2,1-3H3,(H3,15,16). The summed E-state index contributed by atoms with van der Waals surface area (Å²) in [6.45, 7) is 8.48. The summed E-state index contributed by atoms with van der Waals surface area (Å²) in [4.78, 5) is 2.40. The second kappa shape index (κ2) is 6.40. The molecule has 0 aliphatic carbocycles. The second-order valence-electron chi connectivity index (χ2n) is 4.39. The normalized spacial score (nSPS) is 12.7. The summed E-state index contributed by atoms with van der Waals surface area (Å²) in [5, 5.41) is 7.59. The minimum absolute atomic E-state index is 0.154. The molecule has 3 N–H and O–H groups in total. The van der Waals surface area contributed by atoms with E-state index in [4.69, 9.17) is 11.1 Å². The first-order chi connectivity index (χ1) is 8.10. The van der Waals surface area contributed by atoms with Crippen LogP contribution in [0.1, 0.15) is 38.3 Å². The molecule has 0 aromatic heterocycles. The third-order valence-electron chi connectivity index (χ3n) is 3.30. The molecule has 0 amide bonds. The van der Waals surface area contributed by atoms with Crippen molar-refractivity contribution in [3.63, 3.8) is 0 Å². The van der Waals surface area contributed by atoms with Crippen molar-refractivity contribution in [2.75, 3.05) is 6.54 Å². The van der Waals surface area contributed by atoms with Gasteiger partial charge in [0, 0.05) is 18.2 Å². The summed E-state index contributed by atoms with van der Waals surface area (Å²) in [5.41, 5.74) is 7.60. The van der Waals surface area contributed by atoms with E-state index in [2.05, 4.69) is 31.7 Å². The van der Waals surface area contributed by atoms with Gasteiger partial charge in [0.15, 0.2) is 0 Å². The topological polar surface area (TPSA) is 53.1 Å². The fourth-order valence-electron chi connectivity index (χ4n) is 1.98. The Hall–Kier alpha value is -1.35. The first-order valence-electron chi connectivity index (χ1n) is 6.26. The van der Waals surface area contributed by atoms with Gasteiger partial charge in [-0.15, -0.1) is 0 Å². The van der Waals surface area contributed by atoms with Gasteiger partial charge in [0.1, 0.15) is 5.84 Å². The van der Waals surface area contributed by atoms with E-state index in [0.29, 0.717) is 6.04 Å². The van der Waals surface area contributed by atoms with Crippen molar-refractivity contribution in [2.45, 2.75) is 39.8 Å². The lowest BCUT2D eigenvalue weighted by Gasteiger charge is -2.27. The van der Waals surface area contributed by atoms with Crippen LogP contribution in [0.5, 0.6) is 0 Å². The Morgan fingerprint density at radius 1 is 1.35 bits per heavy atom. The lowest BCUT2D eigenvalue weighted by molar-refractivity contribution is 0.206. The van der Waals surface area contributed by atoms with Gasteiger partial charge in [-0.2, -0.15) is 0 Å². The third-order valence-corrected chi connectivity index (χ3v) is 3.30. The summed E-state index contributed by atoms with van der Waals surface area (Å²) < 4.78 is 0.